The number of para-hydroxylation sites is 1. The zero-order valence-corrected chi connectivity index (χ0v) is 20.1. The Morgan fingerprint density at radius 3 is 2.44 bits per heavy atom. The lowest BCUT2D eigenvalue weighted by Crippen LogP contribution is -2.23. The summed E-state index contributed by atoms with van der Waals surface area (Å²) in [6.45, 7) is 8.19. The van der Waals surface area contributed by atoms with Crippen molar-refractivity contribution in [3.8, 4) is 5.75 Å². The van der Waals surface area contributed by atoms with Crippen molar-refractivity contribution in [2.24, 2.45) is 5.92 Å². The van der Waals surface area contributed by atoms with Gasteiger partial charge in [0.1, 0.15) is 0 Å². The highest BCUT2D eigenvalue weighted by atomic mass is 32.2. The van der Waals surface area contributed by atoms with Gasteiger partial charge in [-0.15, -0.1) is 10.2 Å². The van der Waals surface area contributed by atoms with E-state index in [1.54, 1.807) is 32.0 Å². The summed E-state index contributed by atoms with van der Waals surface area (Å²) in [5.74, 6) is 0.172. The van der Waals surface area contributed by atoms with Gasteiger partial charge in [0.15, 0.2) is 28.7 Å². The first-order valence-corrected chi connectivity index (χ1v) is 11.6. The Kier molecular flexibility index (Phi) is 8.21. The molecule has 3 rings (SSSR count). The first-order valence-electron chi connectivity index (χ1n) is 10.7. The first kappa shape index (κ1) is 25.2. The third-order valence-electron chi connectivity index (χ3n) is 4.79. The molecule has 1 N–H and O–H groups in total. The molecule has 0 saturated carbocycles. The zero-order valence-electron chi connectivity index (χ0n) is 19.3. The van der Waals surface area contributed by atoms with E-state index in [0.717, 1.165) is 0 Å². The zero-order chi connectivity index (χ0) is 24.8. The highest BCUT2D eigenvalue weighted by molar-refractivity contribution is 8.00. The molecule has 2 unspecified atom stereocenters. The third-order valence-corrected chi connectivity index (χ3v) is 5.87. The number of anilines is 1. The van der Waals surface area contributed by atoms with Gasteiger partial charge >= 0.3 is 0 Å². The van der Waals surface area contributed by atoms with Gasteiger partial charge in [0.05, 0.1) is 10.2 Å². The maximum absolute atomic E-state index is 14.0. The first-order chi connectivity index (χ1) is 16.2. The summed E-state index contributed by atoms with van der Waals surface area (Å²) in [4.78, 5) is 23.0. The van der Waals surface area contributed by atoms with E-state index in [1.165, 1.54) is 42.1 Å². The molecule has 2 aromatic carbocycles. The van der Waals surface area contributed by atoms with Gasteiger partial charge in [-0.25, -0.2) is 4.39 Å². The largest absolute Gasteiger partial charge is 0.480 e. The summed E-state index contributed by atoms with van der Waals surface area (Å²) in [5, 5.41) is 22.1. The molecule has 34 heavy (non-hydrogen) atoms. The van der Waals surface area contributed by atoms with E-state index in [0.29, 0.717) is 23.2 Å². The predicted octanol–water partition coefficient (Wildman–Crippen LogP) is 5.24. The number of non-ortho nitro benzene ring substituents is 1. The maximum atomic E-state index is 14.0. The van der Waals surface area contributed by atoms with Crippen LogP contribution in [-0.2, 0) is 11.3 Å². The molecule has 9 nitrogen and oxygen atoms in total. The van der Waals surface area contributed by atoms with Crippen molar-refractivity contribution in [2.75, 3.05) is 5.32 Å². The van der Waals surface area contributed by atoms with Crippen LogP contribution in [0.3, 0.4) is 0 Å². The molecule has 2 atom stereocenters. The van der Waals surface area contributed by atoms with Gasteiger partial charge in [-0.3, -0.25) is 14.9 Å². The quantitative estimate of drug-likeness (QED) is 0.236. The third kappa shape index (κ3) is 6.31. The molecular formula is C23H26FN5O4S. The Hall–Kier alpha value is -3.47. The number of amides is 1. The SMILES string of the molecule is CC(C)Cn1c(SC(C)C(=O)Nc2ccc([N+](=O)[O-])cc2)nnc1C(C)Oc1ccccc1F. The van der Waals surface area contributed by atoms with Gasteiger partial charge < -0.3 is 14.6 Å². The van der Waals surface area contributed by atoms with Crippen LogP contribution in [0.25, 0.3) is 0 Å². The minimum absolute atomic E-state index is 0.0542. The molecule has 0 fully saturated rings. The van der Waals surface area contributed by atoms with Crippen molar-refractivity contribution in [1.29, 1.82) is 0 Å². The summed E-state index contributed by atoms with van der Waals surface area (Å²) in [6.07, 6.45) is -0.568. The van der Waals surface area contributed by atoms with Gasteiger partial charge in [0.2, 0.25) is 5.91 Å². The molecule has 180 valence electrons. The van der Waals surface area contributed by atoms with E-state index in [-0.39, 0.29) is 23.3 Å². The number of aromatic nitrogens is 3. The highest BCUT2D eigenvalue weighted by Gasteiger charge is 2.24. The summed E-state index contributed by atoms with van der Waals surface area (Å²) in [5.41, 5.74) is 0.403. The Labute approximate surface area is 200 Å². The van der Waals surface area contributed by atoms with E-state index in [4.69, 9.17) is 4.74 Å². The molecule has 0 saturated heterocycles. The number of halogens is 1. The topological polar surface area (TPSA) is 112 Å². The number of nitrogens with zero attached hydrogens (tertiary/aromatic N) is 4. The molecule has 0 aliphatic heterocycles. The van der Waals surface area contributed by atoms with E-state index in [1.807, 2.05) is 18.4 Å². The van der Waals surface area contributed by atoms with E-state index >= 15 is 0 Å². The molecule has 1 heterocycles. The van der Waals surface area contributed by atoms with Crippen LogP contribution in [0.15, 0.2) is 53.7 Å². The number of ether oxygens (including phenoxy) is 1. The molecule has 1 amide bonds. The van der Waals surface area contributed by atoms with Crippen LogP contribution in [0.2, 0.25) is 0 Å². The van der Waals surface area contributed by atoms with Crippen LogP contribution in [0.1, 0.15) is 39.6 Å². The lowest BCUT2D eigenvalue weighted by molar-refractivity contribution is -0.384. The number of thioether (sulfide) groups is 1. The number of carbonyl (C=O) groups excluding carboxylic acids is 1. The lowest BCUT2D eigenvalue weighted by atomic mass is 10.2. The summed E-state index contributed by atoms with van der Waals surface area (Å²) in [7, 11) is 0. The molecule has 0 radical (unpaired) electrons. The van der Waals surface area contributed by atoms with Crippen molar-refractivity contribution in [3.05, 3.63) is 70.3 Å². The van der Waals surface area contributed by atoms with Crippen LogP contribution < -0.4 is 10.1 Å². The fraction of sp³-hybridized carbons (Fsp3) is 0.348. The second-order valence-electron chi connectivity index (χ2n) is 8.09. The van der Waals surface area contributed by atoms with Gasteiger partial charge in [0, 0.05) is 24.4 Å². The normalized spacial score (nSPS) is 12.9. The van der Waals surface area contributed by atoms with E-state index < -0.39 is 22.1 Å². The Bertz CT molecular complexity index is 1150. The highest BCUT2D eigenvalue weighted by Crippen LogP contribution is 2.29. The summed E-state index contributed by atoms with van der Waals surface area (Å²) in [6, 6.07) is 11.8. The lowest BCUT2D eigenvalue weighted by Gasteiger charge is -2.19. The fourth-order valence-electron chi connectivity index (χ4n) is 3.13. The molecule has 0 aliphatic carbocycles. The van der Waals surface area contributed by atoms with Crippen LogP contribution in [0.5, 0.6) is 5.75 Å². The van der Waals surface area contributed by atoms with Crippen LogP contribution in [-0.4, -0.2) is 30.8 Å². The molecule has 0 aliphatic rings. The number of hydrogen-bond acceptors (Lipinski definition) is 7. The maximum Gasteiger partial charge on any atom is 0.269 e. The van der Waals surface area contributed by atoms with Crippen LogP contribution in [0.4, 0.5) is 15.8 Å². The summed E-state index contributed by atoms with van der Waals surface area (Å²) >= 11 is 1.23. The van der Waals surface area contributed by atoms with Crippen molar-refractivity contribution >= 4 is 29.0 Å². The average Bonchev–Trinajstić information content (AvgIpc) is 3.17. The number of nitro groups is 1. The number of benzene rings is 2. The molecular weight excluding hydrogens is 461 g/mol. The molecule has 1 aromatic heterocycles. The number of rotatable bonds is 10. The second-order valence-corrected chi connectivity index (χ2v) is 9.40. The van der Waals surface area contributed by atoms with E-state index in [2.05, 4.69) is 15.5 Å². The van der Waals surface area contributed by atoms with Gasteiger partial charge in [-0.05, 0) is 44.0 Å². The van der Waals surface area contributed by atoms with Crippen molar-refractivity contribution in [1.82, 2.24) is 14.8 Å². The molecule has 3 aromatic rings. The second kappa shape index (κ2) is 11.1. The Morgan fingerprint density at radius 2 is 1.82 bits per heavy atom. The minimum Gasteiger partial charge on any atom is -0.480 e. The number of nitro benzene ring substituents is 1. The Morgan fingerprint density at radius 1 is 1.15 bits per heavy atom. The number of hydrogen-bond donors (Lipinski definition) is 1. The van der Waals surface area contributed by atoms with Crippen molar-refractivity contribution < 1.29 is 18.8 Å². The predicted molar refractivity (Wildman–Crippen MR) is 127 cm³/mol. The van der Waals surface area contributed by atoms with Gasteiger partial charge in [-0.2, -0.15) is 0 Å². The van der Waals surface area contributed by atoms with Crippen molar-refractivity contribution in [2.45, 2.75) is 50.8 Å². The molecule has 0 spiro atoms. The Balaban J connectivity index is 1.74. The monoisotopic (exact) mass is 487 g/mol. The van der Waals surface area contributed by atoms with E-state index in [9.17, 15) is 19.3 Å². The standard InChI is InChI=1S/C23H26FN5O4S/c1-14(2)13-28-21(15(3)33-20-8-6-5-7-19(20)24)26-27-23(28)34-16(4)22(30)25-17-9-11-18(12-10-17)29(31)32/h5-12,14-16H,13H2,1-4H3,(H,25,30). The molecule has 11 heteroatoms. The molecule has 0 bridgehead atoms. The summed E-state index contributed by atoms with van der Waals surface area (Å²) < 4.78 is 21.7. The fourth-order valence-corrected chi connectivity index (χ4v) is 4.00. The van der Waals surface area contributed by atoms with Gasteiger partial charge in [-0.1, -0.05) is 37.7 Å². The van der Waals surface area contributed by atoms with Gasteiger partial charge in [0.25, 0.3) is 5.69 Å². The van der Waals surface area contributed by atoms with Crippen LogP contribution >= 0.6 is 11.8 Å². The number of carbonyl (C=O) groups is 1. The smallest absolute Gasteiger partial charge is 0.269 e. The van der Waals surface area contributed by atoms with Crippen molar-refractivity contribution in [3.63, 3.8) is 0 Å². The minimum atomic E-state index is -0.568. The number of nitrogens with one attached hydrogen (secondary N) is 1. The average molecular weight is 488 g/mol. The van der Waals surface area contributed by atoms with Crippen LogP contribution in [0, 0.1) is 21.8 Å².